The third-order valence-electron chi connectivity index (χ3n) is 3.52. The first-order valence-electron chi connectivity index (χ1n) is 8.03. The first kappa shape index (κ1) is 21.6. The van der Waals surface area contributed by atoms with Crippen LogP contribution in [-0.4, -0.2) is 25.9 Å². The van der Waals surface area contributed by atoms with Gasteiger partial charge < -0.3 is 15.4 Å². The lowest BCUT2D eigenvalue weighted by atomic mass is 10.2. The summed E-state index contributed by atoms with van der Waals surface area (Å²) in [5, 5.41) is 6.65. The summed E-state index contributed by atoms with van der Waals surface area (Å²) in [7, 11) is 1.68. The van der Waals surface area contributed by atoms with Crippen molar-refractivity contribution in [2.75, 3.05) is 19.9 Å². The van der Waals surface area contributed by atoms with Crippen LogP contribution in [0.5, 0.6) is 5.75 Å². The van der Waals surface area contributed by atoms with Gasteiger partial charge in [0, 0.05) is 18.0 Å². The summed E-state index contributed by atoms with van der Waals surface area (Å²) in [4.78, 5) is 5.92. The summed E-state index contributed by atoms with van der Waals surface area (Å²) in [6.45, 7) is 4.25. The van der Waals surface area contributed by atoms with E-state index in [1.54, 1.807) is 18.9 Å². The second-order valence-corrected chi connectivity index (χ2v) is 6.13. The molecule has 0 radical (unpaired) electrons. The molecule has 0 aliphatic heterocycles. The summed E-state index contributed by atoms with van der Waals surface area (Å²) in [6, 6.07) is 16.6. The van der Waals surface area contributed by atoms with Crippen molar-refractivity contribution >= 4 is 41.7 Å². The molecule has 0 aliphatic carbocycles. The first-order valence-corrected chi connectivity index (χ1v) is 9.25. The average Bonchev–Trinajstić information content (AvgIpc) is 2.64. The third kappa shape index (κ3) is 7.56. The maximum atomic E-state index is 5.25. The summed E-state index contributed by atoms with van der Waals surface area (Å²) >= 11 is 1.75. The molecule has 4 nitrogen and oxygen atoms in total. The molecule has 136 valence electrons. The molecule has 0 atom stereocenters. The Labute approximate surface area is 171 Å². The number of hydrogen-bond acceptors (Lipinski definition) is 3. The summed E-state index contributed by atoms with van der Waals surface area (Å²) in [5.74, 6) is 1.67. The van der Waals surface area contributed by atoms with Crippen LogP contribution in [0.15, 0.2) is 58.4 Å². The van der Waals surface area contributed by atoms with Crippen LogP contribution in [0.25, 0.3) is 0 Å². The van der Waals surface area contributed by atoms with Crippen LogP contribution >= 0.6 is 35.7 Å². The fourth-order valence-corrected chi connectivity index (χ4v) is 2.62. The molecule has 0 saturated carbocycles. The van der Waals surface area contributed by atoms with Gasteiger partial charge in [-0.3, -0.25) is 0 Å². The van der Waals surface area contributed by atoms with Crippen LogP contribution < -0.4 is 15.4 Å². The highest BCUT2D eigenvalue weighted by atomic mass is 127. The number of hydrogen-bond donors (Lipinski definition) is 2. The fraction of sp³-hybridized carbons (Fsp3) is 0.316. The van der Waals surface area contributed by atoms with E-state index in [0.717, 1.165) is 30.4 Å². The summed E-state index contributed by atoms with van der Waals surface area (Å²) in [5.41, 5.74) is 2.36. The zero-order chi connectivity index (χ0) is 17.2. The number of thioether (sulfide) groups is 1. The predicted octanol–water partition coefficient (Wildman–Crippen LogP) is 4.29. The minimum Gasteiger partial charge on any atom is -0.497 e. The van der Waals surface area contributed by atoms with Crippen LogP contribution in [0.1, 0.15) is 18.1 Å². The Morgan fingerprint density at radius 3 is 2.48 bits per heavy atom. The first-order chi connectivity index (χ1) is 11.7. The van der Waals surface area contributed by atoms with Gasteiger partial charge in [-0.1, -0.05) is 24.3 Å². The normalized spacial score (nSPS) is 10.8. The molecule has 0 aromatic heterocycles. The summed E-state index contributed by atoms with van der Waals surface area (Å²) in [6.07, 6.45) is 2.09. The van der Waals surface area contributed by atoms with Crippen molar-refractivity contribution < 1.29 is 4.74 Å². The highest BCUT2D eigenvalue weighted by Gasteiger charge is 2.00. The van der Waals surface area contributed by atoms with Crippen LogP contribution in [0.4, 0.5) is 0 Å². The number of benzene rings is 2. The van der Waals surface area contributed by atoms with Crippen molar-refractivity contribution in [2.24, 2.45) is 4.99 Å². The van der Waals surface area contributed by atoms with E-state index >= 15 is 0 Å². The number of guanidine groups is 1. The third-order valence-corrected chi connectivity index (χ3v) is 4.26. The van der Waals surface area contributed by atoms with Gasteiger partial charge in [-0.2, -0.15) is 0 Å². The molecule has 0 amide bonds. The van der Waals surface area contributed by atoms with E-state index in [2.05, 4.69) is 59.1 Å². The monoisotopic (exact) mass is 471 g/mol. The molecule has 2 N–H and O–H groups in total. The highest BCUT2D eigenvalue weighted by Crippen LogP contribution is 2.15. The van der Waals surface area contributed by atoms with Crippen molar-refractivity contribution in [2.45, 2.75) is 24.9 Å². The fourth-order valence-electron chi connectivity index (χ4n) is 2.21. The highest BCUT2D eigenvalue weighted by molar-refractivity contribution is 14.0. The van der Waals surface area contributed by atoms with Crippen LogP contribution in [-0.2, 0) is 13.1 Å². The minimum atomic E-state index is 0. The van der Waals surface area contributed by atoms with Crippen LogP contribution in [0.2, 0.25) is 0 Å². The van der Waals surface area contributed by atoms with Crippen molar-refractivity contribution in [3.63, 3.8) is 0 Å². The van der Waals surface area contributed by atoms with Gasteiger partial charge in [-0.15, -0.1) is 35.7 Å². The molecule has 0 fully saturated rings. The molecule has 0 unspecified atom stereocenters. The molecule has 2 aromatic rings. The number of nitrogens with one attached hydrogen (secondary N) is 2. The Morgan fingerprint density at radius 1 is 1.08 bits per heavy atom. The van der Waals surface area contributed by atoms with E-state index in [9.17, 15) is 0 Å². The van der Waals surface area contributed by atoms with Crippen LogP contribution in [0, 0.1) is 0 Å². The molecule has 0 heterocycles. The van der Waals surface area contributed by atoms with Gasteiger partial charge in [0.1, 0.15) is 5.75 Å². The number of rotatable bonds is 7. The van der Waals surface area contributed by atoms with Gasteiger partial charge in [-0.05, 0) is 48.6 Å². The average molecular weight is 471 g/mol. The quantitative estimate of drug-likeness (QED) is 0.274. The number of ether oxygens (including phenoxy) is 1. The van der Waals surface area contributed by atoms with Crippen molar-refractivity contribution in [3.05, 3.63) is 59.7 Å². The van der Waals surface area contributed by atoms with Gasteiger partial charge in [0.05, 0.1) is 13.7 Å². The number of aliphatic imine (C=N–C) groups is 1. The molecular weight excluding hydrogens is 445 g/mol. The molecule has 0 spiro atoms. The minimum absolute atomic E-state index is 0. The Balaban J connectivity index is 0.00000312. The van der Waals surface area contributed by atoms with Gasteiger partial charge in [-0.25, -0.2) is 4.99 Å². The molecule has 2 aromatic carbocycles. The number of nitrogens with zero attached hydrogens (tertiary/aromatic N) is 1. The Morgan fingerprint density at radius 2 is 1.84 bits per heavy atom. The van der Waals surface area contributed by atoms with E-state index in [0.29, 0.717) is 6.54 Å². The zero-order valence-electron chi connectivity index (χ0n) is 14.9. The van der Waals surface area contributed by atoms with E-state index in [4.69, 9.17) is 4.74 Å². The van der Waals surface area contributed by atoms with Gasteiger partial charge >= 0.3 is 0 Å². The van der Waals surface area contributed by atoms with Crippen molar-refractivity contribution in [3.8, 4) is 5.75 Å². The van der Waals surface area contributed by atoms with Gasteiger partial charge in [0.15, 0.2) is 5.96 Å². The van der Waals surface area contributed by atoms with E-state index < -0.39 is 0 Å². The molecule has 0 saturated heterocycles. The second-order valence-electron chi connectivity index (χ2n) is 5.25. The lowest BCUT2D eigenvalue weighted by molar-refractivity contribution is 0.414. The SMILES string of the molecule is CCNC(=NCc1cccc(OC)c1)NCc1ccc(SC)cc1.I. The Kier molecular flexibility index (Phi) is 10.4. The molecule has 0 bridgehead atoms. The molecular formula is C19H26IN3OS. The topological polar surface area (TPSA) is 45.7 Å². The second kappa shape index (κ2) is 12.0. The van der Waals surface area contributed by atoms with Gasteiger partial charge in [0.25, 0.3) is 0 Å². The van der Waals surface area contributed by atoms with E-state index in [1.807, 2.05) is 18.2 Å². The zero-order valence-corrected chi connectivity index (χ0v) is 18.1. The maximum absolute atomic E-state index is 5.25. The maximum Gasteiger partial charge on any atom is 0.191 e. The standard InChI is InChI=1S/C19H25N3OS.HI/c1-4-20-19(21-13-15-8-10-18(24-3)11-9-15)22-14-16-6-5-7-17(12-16)23-2;/h5-12H,4,13-14H2,1-3H3,(H2,20,21,22);1H. The molecule has 25 heavy (non-hydrogen) atoms. The largest absolute Gasteiger partial charge is 0.497 e. The van der Waals surface area contributed by atoms with E-state index in [1.165, 1.54) is 10.5 Å². The van der Waals surface area contributed by atoms with Gasteiger partial charge in [0.2, 0.25) is 0 Å². The number of halogens is 1. The number of methoxy groups -OCH3 is 1. The molecule has 0 aliphatic rings. The van der Waals surface area contributed by atoms with E-state index in [-0.39, 0.29) is 24.0 Å². The Hall–Kier alpha value is -1.41. The van der Waals surface area contributed by atoms with Crippen molar-refractivity contribution in [1.29, 1.82) is 0 Å². The Bertz CT molecular complexity index is 662. The lowest BCUT2D eigenvalue weighted by Crippen LogP contribution is -2.36. The summed E-state index contributed by atoms with van der Waals surface area (Å²) < 4.78 is 5.25. The molecule has 6 heteroatoms. The predicted molar refractivity (Wildman–Crippen MR) is 118 cm³/mol. The lowest BCUT2D eigenvalue weighted by Gasteiger charge is -2.12. The molecule has 2 rings (SSSR count). The van der Waals surface area contributed by atoms with Crippen molar-refractivity contribution in [1.82, 2.24) is 10.6 Å². The van der Waals surface area contributed by atoms with Crippen LogP contribution in [0.3, 0.4) is 0 Å². The smallest absolute Gasteiger partial charge is 0.191 e.